The SMILES string of the molecule is CCCCOc1cc(OCCCC)c(C(=O)NNC(=O)Cc2cccc(O)c2)c(OCCCC)c1. The zero-order valence-electron chi connectivity index (χ0n) is 21.0. The number of aromatic hydroxyl groups is 1. The number of ether oxygens (including phenoxy) is 3. The van der Waals surface area contributed by atoms with Crippen molar-refractivity contribution in [2.45, 2.75) is 65.7 Å². The number of rotatable bonds is 15. The summed E-state index contributed by atoms with van der Waals surface area (Å²) in [5, 5.41) is 9.58. The lowest BCUT2D eigenvalue weighted by molar-refractivity contribution is -0.121. The minimum atomic E-state index is -0.549. The molecule has 0 aliphatic heterocycles. The van der Waals surface area contributed by atoms with E-state index in [1.807, 2.05) is 0 Å². The van der Waals surface area contributed by atoms with Crippen molar-refractivity contribution in [3.05, 3.63) is 47.5 Å². The van der Waals surface area contributed by atoms with Gasteiger partial charge < -0.3 is 19.3 Å². The first-order valence-electron chi connectivity index (χ1n) is 12.4. The highest BCUT2D eigenvalue weighted by atomic mass is 16.5. The number of carbonyl (C=O) groups excluding carboxylic acids is 2. The first kappa shape index (κ1) is 27.8. The maximum absolute atomic E-state index is 13.2. The van der Waals surface area contributed by atoms with Gasteiger partial charge in [0.15, 0.2) is 0 Å². The van der Waals surface area contributed by atoms with Crippen molar-refractivity contribution in [1.29, 1.82) is 0 Å². The zero-order valence-corrected chi connectivity index (χ0v) is 21.0. The molecule has 0 aromatic heterocycles. The Morgan fingerprint density at radius 3 is 1.91 bits per heavy atom. The van der Waals surface area contributed by atoms with Crippen molar-refractivity contribution in [2.24, 2.45) is 0 Å². The molecule has 0 bridgehead atoms. The summed E-state index contributed by atoms with van der Waals surface area (Å²) in [6.07, 6.45) is 5.45. The second kappa shape index (κ2) is 15.5. The van der Waals surface area contributed by atoms with Gasteiger partial charge >= 0.3 is 0 Å². The van der Waals surface area contributed by atoms with E-state index in [4.69, 9.17) is 14.2 Å². The van der Waals surface area contributed by atoms with E-state index in [1.165, 1.54) is 12.1 Å². The van der Waals surface area contributed by atoms with Crippen LogP contribution in [0.2, 0.25) is 0 Å². The van der Waals surface area contributed by atoms with Gasteiger partial charge in [0.25, 0.3) is 5.91 Å². The molecule has 2 aromatic rings. The van der Waals surface area contributed by atoms with Gasteiger partial charge in [-0.1, -0.05) is 52.2 Å². The van der Waals surface area contributed by atoms with Gasteiger partial charge in [0.1, 0.15) is 28.6 Å². The Balaban J connectivity index is 2.22. The van der Waals surface area contributed by atoms with Gasteiger partial charge in [-0.25, -0.2) is 0 Å². The molecule has 0 spiro atoms. The molecule has 0 saturated heterocycles. The summed E-state index contributed by atoms with van der Waals surface area (Å²) in [7, 11) is 0. The minimum absolute atomic E-state index is 0.00139. The van der Waals surface area contributed by atoms with E-state index >= 15 is 0 Å². The molecule has 0 saturated carbocycles. The van der Waals surface area contributed by atoms with E-state index in [2.05, 4.69) is 31.6 Å². The number of phenolic OH excluding ortho intramolecular Hbond substituents is 1. The quantitative estimate of drug-likeness (QED) is 0.243. The van der Waals surface area contributed by atoms with Crippen molar-refractivity contribution >= 4 is 11.8 Å². The fraction of sp³-hybridized carbons (Fsp3) is 0.481. The number of hydrogen-bond acceptors (Lipinski definition) is 6. The summed E-state index contributed by atoms with van der Waals surface area (Å²) >= 11 is 0. The van der Waals surface area contributed by atoms with E-state index in [1.54, 1.807) is 24.3 Å². The predicted molar refractivity (Wildman–Crippen MR) is 135 cm³/mol. The number of nitrogens with one attached hydrogen (secondary N) is 2. The normalized spacial score (nSPS) is 10.5. The number of amides is 2. The fourth-order valence-electron chi connectivity index (χ4n) is 3.17. The molecule has 0 radical (unpaired) electrons. The molecular formula is C27H38N2O6. The topological polar surface area (TPSA) is 106 Å². The molecule has 8 heteroatoms. The van der Waals surface area contributed by atoms with Crippen molar-refractivity contribution in [2.75, 3.05) is 19.8 Å². The van der Waals surface area contributed by atoms with Crippen molar-refractivity contribution in [3.8, 4) is 23.0 Å². The summed E-state index contributed by atoms with van der Waals surface area (Å²) in [4.78, 5) is 25.5. The maximum atomic E-state index is 13.2. The number of hydrogen-bond donors (Lipinski definition) is 3. The molecule has 192 valence electrons. The third-order valence-corrected chi connectivity index (χ3v) is 5.13. The van der Waals surface area contributed by atoms with E-state index in [-0.39, 0.29) is 17.7 Å². The molecule has 0 heterocycles. The Labute approximate surface area is 207 Å². The lowest BCUT2D eigenvalue weighted by atomic mass is 10.1. The lowest BCUT2D eigenvalue weighted by Gasteiger charge is -2.18. The molecular weight excluding hydrogens is 448 g/mol. The van der Waals surface area contributed by atoms with Crippen LogP contribution in [0.25, 0.3) is 0 Å². The highest BCUT2D eigenvalue weighted by Crippen LogP contribution is 2.35. The Bertz CT molecular complexity index is 916. The average Bonchev–Trinajstić information content (AvgIpc) is 2.83. The second-order valence-corrected chi connectivity index (χ2v) is 8.25. The number of carbonyl (C=O) groups is 2. The predicted octanol–water partition coefficient (Wildman–Crippen LogP) is 4.93. The van der Waals surface area contributed by atoms with Gasteiger partial charge in [-0.2, -0.15) is 0 Å². The fourth-order valence-corrected chi connectivity index (χ4v) is 3.17. The molecule has 0 unspecified atom stereocenters. The summed E-state index contributed by atoms with van der Waals surface area (Å²) < 4.78 is 17.8. The Hall–Kier alpha value is -3.42. The third-order valence-electron chi connectivity index (χ3n) is 5.13. The molecule has 0 aliphatic carbocycles. The van der Waals surface area contributed by atoms with Crippen LogP contribution in [-0.2, 0) is 11.2 Å². The van der Waals surface area contributed by atoms with Gasteiger partial charge in [0, 0.05) is 12.1 Å². The van der Waals surface area contributed by atoms with Crippen molar-refractivity contribution < 1.29 is 28.9 Å². The molecule has 0 aliphatic rings. The van der Waals surface area contributed by atoms with Crippen LogP contribution in [0.3, 0.4) is 0 Å². The van der Waals surface area contributed by atoms with Crippen LogP contribution in [-0.4, -0.2) is 36.7 Å². The standard InChI is InChI=1S/C27H38N2O6/c1-4-7-13-33-22-18-23(34-14-8-5-2)26(24(19-22)35-15-9-6-3)27(32)29-28-25(31)17-20-11-10-12-21(30)16-20/h10-12,16,18-19,30H,4-9,13-15,17H2,1-3H3,(H,28,31)(H,29,32). The van der Waals surface area contributed by atoms with Crippen LogP contribution in [0, 0.1) is 0 Å². The van der Waals surface area contributed by atoms with Crippen LogP contribution in [0.4, 0.5) is 0 Å². The summed E-state index contributed by atoms with van der Waals surface area (Å²) in [5.74, 6) is 0.360. The van der Waals surface area contributed by atoms with Gasteiger partial charge in [-0.15, -0.1) is 0 Å². The second-order valence-electron chi connectivity index (χ2n) is 8.25. The third kappa shape index (κ3) is 9.76. The largest absolute Gasteiger partial charge is 0.508 e. The lowest BCUT2D eigenvalue weighted by Crippen LogP contribution is -2.42. The van der Waals surface area contributed by atoms with Gasteiger partial charge in [0.05, 0.1) is 26.2 Å². The number of benzene rings is 2. The molecule has 0 atom stereocenters. The maximum Gasteiger partial charge on any atom is 0.277 e. The summed E-state index contributed by atoms with van der Waals surface area (Å²) in [6.45, 7) is 7.63. The van der Waals surface area contributed by atoms with E-state index in [0.29, 0.717) is 42.6 Å². The highest BCUT2D eigenvalue weighted by molar-refractivity contribution is 6.00. The van der Waals surface area contributed by atoms with E-state index in [9.17, 15) is 14.7 Å². The summed E-state index contributed by atoms with van der Waals surface area (Å²) in [6, 6.07) is 9.79. The summed E-state index contributed by atoms with van der Waals surface area (Å²) in [5.41, 5.74) is 5.73. The van der Waals surface area contributed by atoms with E-state index in [0.717, 1.165) is 38.5 Å². The minimum Gasteiger partial charge on any atom is -0.508 e. The Kier molecular flexibility index (Phi) is 12.3. The molecule has 2 amide bonds. The molecule has 2 aromatic carbocycles. The highest BCUT2D eigenvalue weighted by Gasteiger charge is 2.22. The first-order valence-corrected chi connectivity index (χ1v) is 12.4. The Morgan fingerprint density at radius 2 is 1.37 bits per heavy atom. The van der Waals surface area contributed by atoms with Crippen molar-refractivity contribution in [3.63, 3.8) is 0 Å². The van der Waals surface area contributed by atoms with Crippen molar-refractivity contribution in [1.82, 2.24) is 10.9 Å². The molecule has 0 fully saturated rings. The molecule has 2 rings (SSSR count). The first-order chi connectivity index (χ1) is 17.0. The molecule has 3 N–H and O–H groups in total. The van der Waals surface area contributed by atoms with Gasteiger partial charge in [-0.3, -0.25) is 20.4 Å². The molecule has 8 nitrogen and oxygen atoms in total. The smallest absolute Gasteiger partial charge is 0.277 e. The van der Waals surface area contributed by atoms with Crippen LogP contribution >= 0.6 is 0 Å². The average molecular weight is 487 g/mol. The number of unbranched alkanes of at least 4 members (excludes halogenated alkanes) is 3. The monoisotopic (exact) mass is 486 g/mol. The van der Waals surface area contributed by atoms with E-state index < -0.39 is 11.8 Å². The van der Waals surface area contributed by atoms with Crippen LogP contribution in [0.15, 0.2) is 36.4 Å². The van der Waals surface area contributed by atoms with Crippen LogP contribution < -0.4 is 25.1 Å². The van der Waals surface area contributed by atoms with Gasteiger partial charge in [-0.05, 0) is 37.0 Å². The molecule has 35 heavy (non-hydrogen) atoms. The van der Waals surface area contributed by atoms with Crippen LogP contribution in [0.1, 0.15) is 75.2 Å². The zero-order chi connectivity index (χ0) is 25.5. The Morgan fingerprint density at radius 1 is 0.800 bits per heavy atom. The number of hydrazine groups is 1. The van der Waals surface area contributed by atoms with Crippen LogP contribution in [0.5, 0.6) is 23.0 Å². The number of phenols is 1. The van der Waals surface area contributed by atoms with Gasteiger partial charge in [0.2, 0.25) is 5.91 Å².